The second kappa shape index (κ2) is 6.83. The van der Waals surface area contributed by atoms with Gasteiger partial charge in [-0.25, -0.2) is 18.7 Å². The van der Waals surface area contributed by atoms with Gasteiger partial charge in [0.15, 0.2) is 11.5 Å². The maximum atomic E-state index is 14.5. The number of hydrogen-bond donors (Lipinski definition) is 3. The van der Waals surface area contributed by atoms with Gasteiger partial charge in [-0.2, -0.15) is 4.98 Å². The maximum Gasteiger partial charge on any atom is 0.224 e. The van der Waals surface area contributed by atoms with Crippen LogP contribution < -0.4 is 10.6 Å². The average molecular weight is 386 g/mol. The number of hydrogen-bond acceptors (Lipinski definition) is 6. The normalized spacial score (nSPS) is 13.8. The fourth-order valence-electron chi connectivity index (χ4n) is 3.08. The van der Waals surface area contributed by atoms with Gasteiger partial charge in [-0.1, -0.05) is 6.08 Å². The molecule has 0 unspecified atom stereocenters. The molecule has 0 fully saturated rings. The number of nitrogens with one attached hydrogen (secondary N) is 2. The number of imidazole rings is 1. The van der Waals surface area contributed by atoms with E-state index in [0.29, 0.717) is 35.1 Å². The first-order valence-electron chi connectivity index (χ1n) is 8.86. The molecular formula is C19H20F2N6O. The van der Waals surface area contributed by atoms with Gasteiger partial charge in [0.25, 0.3) is 0 Å². The van der Waals surface area contributed by atoms with Crippen LogP contribution >= 0.6 is 0 Å². The van der Waals surface area contributed by atoms with E-state index in [4.69, 9.17) is 0 Å². The van der Waals surface area contributed by atoms with Crippen LogP contribution in [0.2, 0.25) is 0 Å². The Bertz CT molecular complexity index is 1070. The molecule has 0 atom stereocenters. The van der Waals surface area contributed by atoms with E-state index in [-0.39, 0.29) is 18.8 Å². The van der Waals surface area contributed by atoms with Crippen molar-refractivity contribution >= 4 is 23.0 Å². The summed E-state index contributed by atoms with van der Waals surface area (Å²) in [6.07, 6.45) is 6.71. The highest BCUT2D eigenvalue weighted by molar-refractivity contribution is 5.87. The fraction of sp³-hybridized carbons (Fsp3) is 0.316. The van der Waals surface area contributed by atoms with Crippen LogP contribution in [0.4, 0.5) is 20.5 Å². The number of nitrogens with zero attached hydrogens (tertiary/aromatic N) is 4. The highest BCUT2D eigenvalue weighted by atomic mass is 19.1. The zero-order valence-electron chi connectivity index (χ0n) is 15.5. The molecule has 0 aliphatic carbocycles. The van der Waals surface area contributed by atoms with Crippen molar-refractivity contribution in [3.8, 4) is 0 Å². The lowest BCUT2D eigenvalue weighted by Gasteiger charge is -2.20. The molecule has 1 aliphatic heterocycles. The number of rotatable bonds is 5. The van der Waals surface area contributed by atoms with Crippen LogP contribution in [-0.2, 0) is 6.61 Å². The Hall–Kier alpha value is -3.07. The fourth-order valence-corrected chi connectivity index (χ4v) is 3.08. The van der Waals surface area contributed by atoms with Gasteiger partial charge >= 0.3 is 0 Å². The molecule has 28 heavy (non-hydrogen) atoms. The van der Waals surface area contributed by atoms with Crippen molar-refractivity contribution in [1.29, 1.82) is 0 Å². The van der Waals surface area contributed by atoms with E-state index in [2.05, 4.69) is 25.6 Å². The number of halogens is 2. The Kier molecular flexibility index (Phi) is 4.46. The van der Waals surface area contributed by atoms with Crippen molar-refractivity contribution in [2.75, 3.05) is 23.7 Å². The van der Waals surface area contributed by atoms with Crippen LogP contribution in [0.1, 0.15) is 30.7 Å². The summed E-state index contributed by atoms with van der Waals surface area (Å²) in [4.78, 5) is 12.7. The SMILES string of the molecule is CC(C)(F)CNc1ncc2c(n1)NCC=C2c1cc(F)c2ncc(CO)n2c1. The summed E-state index contributed by atoms with van der Waals surface area (Å²) in [6, 6.07) is 1.40. The van der Waals surface area contributed by atoms with Gasteiger partial charge in [-0.05, 0) is 25.5 Å². The van der Waals surface area contributed by atoms with Crippen LogP contribution in [0.5, 0.6) is 0 Å². The molecule has 0 spiro atoms. The van der Waals surface area contributed by atoms with Gasteiger partial charge in [-0.15, -0.1) is 0 Å². The zero-order chi connectivity index (χ0) is 19.9. The third-order valence-electron chi connectivity index (χ3n) is 4.43. The highest BCUT2D eigenvalue weighted by Crippen LogP contribution is 2.32. The molecule has 7 nitrogen and oxygen atoms in total. The zero-order valence-corrected chi connectivity index (χ0v) is 15.5. The Morgan fingerprint density at radius 3 is 2.89 bits per heavy atom. The van der Waals surface area contributed by atoms with E-state index in [9.17, 15) is 13.9 Å². The van der Waals surface area contributed by atoms with Gasteiger partial charge in [0, 0.05) is 30.1 Å². The highest BCUT2D eigenvalue weighted by Gasteiger charge is 2.20. The van der Waals surface area contributed by atoms with Crippen LogP contribution in [0.25, 0.3) is 11.2 Å². The molecule has 146 valence electrons. The monoisotopic (exact) mass is 386 g/mol. The Balaban J connectivity index is 1.71. The molecule has 1 aliphatic rings. The second-order valence-corrected chi connectivity index (χ2v) is 7.20. The molecular weight excluding hydrogens is 366 g/mol. The molecule has 4 rings (SSSR count). The van der Waals surface area contributed by atoms with E-state index in [1.807, 2.05) is 6.08 Å². The minimum absolute atomic E-state index is 0.0843. The number of aromatic nitrogens is 4. The predicted octanol–water partition coefficient (Wildman–Crippen LogP) is 2.77. The molecule has 3 N–H and O–H groups in total. The van der Waals surface area contributed by atoms with Crippen LogP contribution in [0.3, 0.4) is 0 Å². The summed E-state index contributed by atoms with van der Waals surface area (Å²) >= 11 is 0. The third-order valence-corrected chi connectivity index (χ3v) is 4.43. The standard InChI is InChI=1S/C19H20F2N6O/c1-19(2,21)10-25-18-24-7-14-13(3-4-22-16(14)26-18)11-5-15(20)17-23-6-12(9-28)27(17)8-11/h3,5-8,28H,4,9-10H2,1-2H3,(H2,22,24,25,26). The van der Waals surface area contributed by atoms with E-state index in [1.165, 1.54) is 30.5 Å². The predicted molar refractivity (Wildman–Crippen MR) is 102 cm³/mol. The molecule has 3 aromatic heterocycles. The quantitative estimate of drug-likeness (QED) is 0.625. The van der Waals surface area contributed by atoms with Gasteiger partial charge in [0.05, 0.1) is 25.0 Å². The topological polar surface area (TPSA) is 87.4 Å². The van der Waals surface area contributed by atoms with Crippen LogP contribution in [0.15, 0.2) is 30.7 Å². The number of aliphatic hydroxyl groups is 1. The first kappa shape index (κ1) is 18.3. The van der Waals surface area contributed by atoms with Gasteiger partial charge in [0.1, 0.15) is 11.5 Å². The molecule has 9 heteroatoms. The molecule has 0 aromatic carbocycles. The number of aliphatic hydroxyl groups excluding tert-OH is 1. The molecule has 0 saturated heterocycles. The van der Waals surface area contributed by atoms with E-state index >= 15 is 0 Å². The number of alkyl halides is 1. The van der Waals surface area contributed by atoms with Crippen molar-refractivity contribution in [3.05, 3.63) is 53.4 Å². The lowest BCUT2D eigenvalue weighted by molar-refractivity contribution is 0.234. The summed E-state index contributed by atoms with van der Waals surface area (Å²) in [6.45, 7) is 3.28. The van der Waals surface area contributed by atoms with Crippen molar-refractivity contribution < 1.29 is 13.9 Å². The molecule has 0 saturated carbocycles. The van der Waals surface area contributed by atoms with Crippen LogP contribution in [-0.4, -0.2) is 43.2 Å². The van der Waals surface area contributed by atoms with E-state index in [0.717, 1.165) is 5.57 Å². The molecule has 0 bridgehead atoms. The van der Waals surface area contributed by atoms with Gasteiger partial charge in [0.2, 0.25) is 5.95 Å². The van der Waals surface area contributed by atoms with E-state index in [1.54, 1.807) is 12.4 Å². The van der Waals surface area contributed by atoms with Gasteiger partial charge < -0.3 is 15.7 Å². The second-order valence-electron chi connectivity index (χ2n) is 7.20. The average Bonchev–Trinajstić information content (AvgIpc) is 3.08. The molecule has 0 amide bonds. The van der Waals surface area contributed by atoms with Gasteiger partial charge in [-0.3, -0.25) is 4.40 Å². The lowest BCUT2D eigenvalue weighted by atomic mass is 9.98. The summed E-state index contributed by atoms with van der Waals surface area (Å²) in [5, 5.41) is 15.5. The lowest BCUT2D eigenvalue weighted by Crippen LogP contribution is -2.25. The molecule has 0 radical (unpaired) electrons. The summed E-state index contributed by atoms with van der Waals surface area (Å²) < 4.78 is 29.7. The summed E-state index contributed by atoms with van der Waals surface area (Å²) in [5.41, 5.74) is 1.36. The largest absolute Gasteiger partial charge is 0.390 e. The minimum Gasteiger partial charge on any atom is -0.390 e. The Labute approximate surface area is 160 Å². The smallest absolute Gasteiger partial charge is 0.224 e. The van der Waals surface area contributed by atoms with Crippen molar-refractivity contribution in [2.45, 2.75) is 26.1 Å². The maximum absolute atomic E-state index is 14.5. The Morgan fingerprint density at radius 2 is 2.14 bits per heavy atom. The third kappa shape index (κ3) is 3.40. The van der Waals surface area contributed by atoms with Crippen molar-refractivity contribution in [3.63, 3.8) is 0 Å². The van der Waals surface area contributed by atoms with Crippen molar-refractivity contribution in [2.24, 2.45) is 0 Å². The molecule has 4 heterocycles. The van der Waals surface area contributed by atoms with Crippen molar-refractivity contribution in [1.82, 2.24) is 19.4 Å². The molecule has 3 aromatic rings. The van der Waals surface area contributed by atoms with Crippen LogP contribution in [0, 0.1) is 5.82 Å². The first-order chi connectivity index (χ1) is 13.4. The van der Waals surface area contributed by atoms with E-state index < -0.39 is 11.5 Å². The number of pyridine rings is 1. The number of anilines is 2. The minimum atomic E-state index is -1.39. The summed E-state index contributed by atoms with van der Waals surface area (Å²) in [7, 11) is 0. The Morgan fingerprint density at radius 1 is 1.32 bits per heavy atom. The first-order valence-corrected chi connectivity index (χ1v) is 8.86. The number of fused-ring (bicyclic) bond motifs is 2. The summed E-state index contributed by atoms with van der Waals surface area (Å²) in [5.74, 6) is 0.416.